The Morgan fingerprint density at radius 2 is 2.28 bits per heavy atom. The first-order valence-electron chi connectivity index (χ1n) is 5.80. The van der Waals surface area contributed by atoms with Crippen LogP contribution in [0.1, 0.15) is 19.2 Å². The minimum atomic E-state index is -0.813. The highest BCUT2D eigenvalue weighted by Gasteiger charge is 2.14. The molecule has 0 saturated carbocycles. The number of nitrogens with zero attached hydrogens (tertiary/aromatic N) is 2. The van der Waals surface area contributed by atoms with Crippen LogP contribution in [-0.4, -0.2) is 20.6 Å². The van der Waals surface area contributed by atoms with Gasteiger partial charge in [0.2, 0.25) is 0 Å². The molecule has 1 aromatic heterocycles. The summed E-state index contributed by atoms with van der Waals surface area (Å²) in [6.07, 6.45) is 0.677. The Morgan fingerprint density at radius 3 is 2.94 bits per heavy atom. The van der Waals surface area contributed by atoms with Crippen molar-refractivity contribution in [3.8, 4) is 0 Å². The van der Waals surface area contributed by atoms with Crippen molar-refractivity contribution in [2.75, 3.05) is 0 Å². The number of imidazole rings is 1. The van der Waals surface area contributed by atoms with Crippen LogP contribution in [-0.2, 0) is 18.3 Å². The lowest BCUT2D eigenvalue weighted by Gasteiger charge is -2.08. The molecule has 4 nitrogen and oxygen atoms in total. The monoisotopic (exact) mass is 250 g/mol. The van der Waals surface area contributed by atoms with E-state index >= 15 is 0 Å². The number of hydrogen-bond acceptors (Lipinski definition) is 2. The molecule has 96 valence electrons. The van der Waals surface area contributed by atoms with Crippen molar-refractivity contribution in [1.82, 2.24) is 9.55 Å². The molecular formula is C13H15FN2O2. The first kappa shape index (κ1) is 12.5. The number of rotatable bonds is 4. The highest BCUT2D eigenvalue weighted by molar-refractivity contribution is 5.76. The van der Waals surface area contributed by atoms with Gasteiger partial charge in [0.1, 0.15) is 11.6 Å². The first-order chi connectivity index (χ1) is 8.47. The Bertz CT molecular complexity index is 592. The normalized spacial score (nSPS) is 12.8. The molecule has 0 aliphatic heterocycles. The van der Waals surface area contributed by atoms with Crippen molar-refractivity contribution in [3.63, 3.8) is 0 Å². The first-order valence-corrected chi connectivity index (χ1v) is 5.80. The summed E-state index contributed by atoms with van der Waals surface area (Å²) in [7, 11) is 1.86. The summed E-state index contributed by atoms with van der Waals surface area (Å²) < 4.78 is 15.0. The fourth-order valence-corrected chi connectivity index (χ4v) is 2.09. The summed E-state index contributed by atoms with van der Waals surface area (Å²) in [5.41, 5.74) is 1.46. The van der Waals surface area contributed by atoms with E-state index in [1.807, 2.05) is 18.5 Å². The summed E-state index contributed by atoms with van der Waals surface area (Å²) >= 11 is 0. The molecule has 0 aliphatic rings. The Kier molecular flexibility index (Phi) is 3.32. The number of halogens is 1. The molecule has 0 fully saturated rings. The average molecular weight is 250 g/mol. The number of carbonyl (C=O) groups is 1. The number of benzene rings is 1. The zero-order valence-corrected chi connectivity index (χ0v) is 10.4. The van der Waals surface area contributed by atoms with Crippen LogP contribution < -0.4 is 0 Å². The SMILES string of the molecule is CC(CC(=O)O)Cc1nc2cc(F)ccc2n1C. The van der Waals surface area contributed by atoms with Gasteiger partial charge in [0.05, 0.1) is 11.0 Å². The molecular weight excluding hydrogens is 235 g/mol. The standard InChI is InChI=1S/C13H15FN2O2/c1-8(6-13(17)18)5-12-15-10-7-9(14)3-4-11(10)16(12)2/h3-4,7-8H,5-6H2,1-2H3,(H,17,18). The van der Waals surface area contributed by atoms with E-state index in [0.29, 0.717) is 11.9 Å². The van der Waals surface area contributed by atoms with Gasteiger partial charge in [-0.3, -0.25) is 4.79 Å². The maximum atomic E-state index is 13.1. The summed E-state index contributed by atoms with van der Waals surface area (Å²) in [6.45, 7) is 1.87. The molecule has 0 spiro atoms. The molecule has 0 radical (unpaired) electrons. The van der Waals surface area contributed by atoms with Crippen LogP contribution in [0.25, 0.3) is 11.0 Å². The van der Waals surface area contributed by atoms with Gasteiger partial charge in [-0.05, 0) is 18.1 Å². The van der Waals surface area contributed by atoms with E-state index in [0.717, 1.165) is 11.3 Å². The van der Waals surface area contributed by atoms with Crippen LogP contribution in [0.5, 0.6) is 0 Å². The quantitative estimate of drug-likeness (QED) is 0.906. The van der Waals surface area contributed by atoms with Crippen LogP contribution >= 0.6 is 0 Å². The van der Waals surface area contributed by atoms with Crippen LogP contribution in [0.4, 0.5) is 4.39 Å². The van der Waals surface area contributed by atoms with E-state index in [2.05, 4.69) is 4.98 Å². The van der Waals surface area contributed by atoms with E-state index < -0.39 is 5.97 Å². The van der Waals surface area contributed by atoms with Gasteiger partial charge in [-0.15, -0.1) is 0 Å². The van der Waals surface area contributed by atoms with Crippen molar-refractivity contribution in [2.45, 2.75) is 19.8 Å². The van der Waals surface area contributed by atoms with Crippen molar-refractivity contribution in [1.29, 1.82) is 0 Å². The van der Waals surface area contributed by atoms with Crippen molar-refractivity contribution >= 4 is 17.0 Å². The highest BCUT2D eigenvalue weighted by Crippen LogP contribution is 2.19. The topological polar surface area (TPSA) is 55.1 Å². The molecule has 18 heavy (non-hydrogen) atoms. The number of aryl methyl sites for hydroxylation is 1. The van der Waals surface area contributed by atoms with E-state index in [9.17, 15) is 9.18 Å². The third-order valence-corrected chi connectivity index (χ3v) is 2.99. The van der Waals surface area contributed by atoms with E-state index in [1.165, 1.54) is 12.1 Å². The third kappa shape index (κ3) is 2.50. The summed E-state index contributed by atoms with van der Waals surface area (Å²) in [5, 5.41) is 8.73. The Balaban J connectivity index is 2.28. The molecule has 1 N–H and O–H groups in total. The zero-order valence-electron chi connectivity index (χ0n) is 10.4. The molecule has 1 unspecified atom stereocenters. The van der Waals surface area contributed by atoms with Gasteiger partial charge in [0, 0.05) is 26.0 Å². The fraction of sp³-hybridized carbons (Fsp3) is 0.385. The average Bonchev–Trinajstić information content (AvgIpc) is 2.54. The number of aromatic nitrogens is 2. The van der Waals surface area contributed by atoms with Gasteiger partial charge in [-0.25, -0.2) is 9.37 Å². The molecule has 0 bridgehead atoms. The molecule has 0 amide bonds. The van der Waals surface area contributed by atoms with Crippen LogP contribution in [0.3, 0.4) is 0 Å². The minimum Gasteiger partial charge on any atom is -0.481 e. The van der Waals surface area contributed by atoms with Gasteiger partial charge in [-0.2, -0.15) is 0 Å². The van der Waals surface area contributed by atoms with E-state index in [1.54, 1.807) is 6.07 Å². The lowest BCUT2D eigenvalue weighted by atomic mass is 10.0. The van der Waals surface area contributed by atoms with Crippen molar-refractivity contribution in [2.24, 2.45) is 13.0 Å². The van der Waals surface area contributed by atoms with Gasteiger partial charge < -0.3 is 9.67 Å². The Hall–Kier alpha value is -1.91. The summed E-state index contributed by atoms with van der Waals surface area (Å²) in [4.78, 5) is 15.0. The van der Waals surface area contributed by atoms with Crippen molar-refractivity contribution < 1.29 is 14.3 Å². The fourth-order valence-electron chi connectivity index (χ4n) is 2.09. The van der Waals surface area contributed by atoms with Gasteiger partial charge in [0.15, 0.2) is 0 Å². The zero-order chi connectivity index (χ0) is 13.3. The molecule has 0 saturated heterocycles. The Labute approximate surface area is 104 Å². The molecule has 1 atom stereocenters. The van der Waals surface area contributed by atoms with Crippen LogP contribution in [0, 0.1) is 11.7 Å². The van der Waals surface area contributed by atoms with Crippen LogP contribution in [0.2, 0.25) is 0 Å². The largest absolute Gasteiger partial charge is 0.481 e. The maximum absolute atomic E-state index is 13.1. The number of aliphatic carboxylic acids is 1. The van der Waals surface area contributed by atoms with E-state index in [4.69, 9.17) is 5.11 Å². The molecule has 2 aromatic rings. The molecule has 1 aromatic carbocycles. The summed E-state index contributed by atoms with van der Waals surface area (Å²) in [6, 6.07) is 4.47. The van der Waals surface area contributed by atoms with Gasteiger partial charge in [0.25, 0.3) is 0 Å². The Morgan fingerprint density at radius 1 is 1.56 bits per heavy atom. The molecule has 5 heteroatoms. The molecule has 1 heterocycles. The number of carboxylic acids is 1. The van der Waals surface area contributed by atoms with Gasteiger partial charge in [-0.1, -0.05) is 6.92 Å². The maximum Gasteiger partial charge on any atom is 0.303 e. The number of carboxylic acid groups (broad SMARTS) is 1. The predicted octanol–water partition coefficient (Wildman–Crippen LogP) is 2.37. The summed E-state index contributed by atoms with van der Waals surface area (Å²) in [5.74, 6) is -0.342. The van der Waals surface area contributed by atoms with Crippen LogP contribution in [0.15, 0.2) is 18.2 Å². The number of hydrogen-bond donors (Lipinski definition) is 1. The second kappa shape index (κ2) is 4.76. The molecule has 2 rings (SSSR count). The minimum absolute atomic E-state index is 0.00265. The van der Waals surface area contributed by atoms with Crippen molar-refractivity contribution in [3.05, 3.63) is 29.8 Å². The van der Waals surface area contributed by atoms with Gasteiger partial charge >= 0.3 is 5.97 Å². The third-order valence-electron chi connectivity index (χ3n) is 2.99. The lowest BCUT2D eigenvalue weighted by molar-refractivity contribution is -0.137. The predicted molar refractivity (Wildman–Crippen MR) is 65.8 cm³/mol. The second-order valence-electron chi connectivity index (χ2n) is 4.63. The lowest BCUT2D eigenvalue weighted by Crippen LogP contribution is -2.10. The second-order valence-corrected chi connectivity index (χ2v) is 4.63. The number of fused-ring (bicyclic) bond motifs is 1. The van der Waals surface area contributed by atoms with E-state index in [-0.39, 0.29) is 18.2 Å². The highest BCUT2D eigenvalue weighted by atomic mass is 19.1. The molecule has 0 aliphatic carbocycles. The smallest absolute Gasteiger partial charge is 0.303 e.